The van der Waals surface area contributed by atoms with Gasteiger partial charge in [0.15, 0.2) is 0 Å². The Bertz CT molecular complexity index is 794. The van der Waals surface area contributed by atoms with Crippen molar-refractivity contribution in [3.05, 3.63) is 29.8 Å². The van der Waals surface area contributed by atoms with Crippen LogP contribution in [-0.4, -0.2) is 36.1 Å². The molecular formula is C22H30N4O4. The average Bonchev–Trinajstić information content (AvgIpc) is 2.73. The first-order valence-electron chi connectivity index (χ1n) is 10.3. The minimum absolute atomic E-state index is 0.138. The normalized spacial score (nSPS) is 16.2. The summed E-state index contributed by atoms with van der Waals surface area (Å²) in [6.45, 7) is 5.13. The van der Waals surface area contributed by atoms with E-state index >= 15 is 0 Å². The molecule has 2 atom stereocenters. The lowest BCUT2D eigenvalue weighted by molar-refractivity contribution is -0.126. The van der Waals surface area contributed by atoms with E-state index in [-0.39, 0.29) is 12.0 Å². The van der Waals surface area contributed by atoms with Crippen LogP contribution in [0.1, 0.15) is 58.4 Å². The first-order valence-corrected chi connectivity index (χ1v) is 10.3. The maximum atomic E-state index is 13.4. The van der Waals surface area contributed by atoms with Gasteiger partial charge in [-0.2, -0.15) is 5.26 Å². The van der Waals surface area contributed by atoms with Gasteiger partial charge in [-0.3, -0.25) is 14.5 Å². The Morgan fingerprint density at radius 2 is 1.73 bits per heavy atom. The molecule has 1 saturated carbocycles. The topological polar surface area (TPSA) is 126 Å². The molecule has 3 N–H and O–H groups in total. The van der Waals surface area contributed by atoms with Gasteiger partial charge in [-0.25, -0.2) is 4.79 Å². The molecule has 0 radical (unpaired) electrons. The van der Waals surface area contributed by atoms with E-state index in [1.165, 1.54) is 11.8 Å². The predicted molar refractivity (Wildman–Crippen MR) is 112 cm³/mol. The number of ether oxygens (including phenoxy) is 1. The van der Waals surface area contributed by atoms with Gasteiger partial charge in [0, 0.05) is 5.69 Å². The van der Waals surface area contributed by atoms with Crippen molar-refractivity contribution in [1.82, 2.24) is 5.32 Å². The van der Waals surface area contributed by atoms with Crippen LogP contribution in [0.2, 0.25) is 0 Å². The zero-order valence-electron chi connectivity index (χ0n) is 17.8. The minimum atomic E-state index is -0.942. The van der Waals surface area contributed by atoms with Crippen LogP contribution in [0.4, 0.5) is 10.5 Å². The summed E-state index contributed by atoms with van der Waals surface area (Å²) in [5.41, 5.74) is 6.31. The Morgan fingerprint density at radius 3 is 2.23 bits per heavy atom. The molecule has 1 aliphatic rings. The molecule has 30 heavy (non-hydrogen) atoms. The lowest BCUT2D eigenvalue weighted by Crippen LogP contribution is -2.56. The molecule has 1 aliphatic carbocycles. The second kappa shape index (κ2) is 10.6. The molecule has 0 unspecified atom stereocenters. The van der Waals surface area contributed by atoms with Crippen molar-refractivity contribution in [1.29, 1.82) is 5.26 Å². The second-order valence-corrected chi connectivity index (χ2v) is 7.98. The number of hydrogen-bond donors (Lipinski definition) is 2. The molecule has 0 saturated heterocycles. The highest BCUT2D eigenvalue weighted by molar-refractivity contribution is 6.03. The number of benzene rings is 1. The van der Waals surface area contributed by atoms with Crippen LogP contribution in [0, 0.1) is 17.2 Å². The Morgan fingerprint density at radius 1 is 1.13 bits per heavy atom. The number of primary amides is 1. The largest absolute Gasteiger partial charge is 0.446 e. The molecule has 8 heteroatoms. The third-order valence-corrected chi connectivity index (χ3v) is 5.34. The summed E-state index contributed by atoms with van der Waals surface area (Å²) in [7, 11) is 0. The molecule has 0 aromatic heterocycles. The van der Waals surface area contributed by atoms with Gasteiger partial charge in [-0.05, 0) is 62.8 Å². The Balaban J connectivity index is 2.23. The van der Waals surface area contributed by atoms with Gasteiger partial charge in [0.05, 0.1) is 11.6 Å². The van der Waals surface area contributed by atoms with E-state index in [2.05, 4.69) is 5.32 Å². The van der Waals surface area contributed by atoms with E-state index < -0.39 is 30.0 Å². The van der Waals surface area contributed by atoms with E-state index in [0.717, 1.165) is 32.1 Å². The van der Waals surface area contributed by atoms with Gasteiger partial charge in [0.1, 0.15) is 18.2 Å². The number of nitrogens with two attached hydrogens (primary N) is 1. The number of rotatable bonds is 7. The van der Waals surface area contributed by atoms with Crippen molar-refractivity contribution < 1.29 is 19.1 Å². The lowest BCUT2D eigenvalue weighted by atomic mass is 9.98. The van der Waals surface area contributed by atoms with E-state index in [4.69, 9.17) is 15.7 Å². The molecule has 2 rings (SSSR count). The van der Waals surface area contributed by atoms with Gasteiger partial charge in [0.2, 0.25) is 5.91 Å². The number of amides is 3. The fraction of sp³-hybridized carbons (Fsp3) is 0.545. The fourth-order valence-electron chi connectivity index (χ4n) is 3.52. The summed E-state index contributed by atoms with van der Waals surface area (Å²) in [5, 5.41) is 11.7. The fourth-order valence-corrected chi connectivity index (χ4v) is 3.52. The quantitative estimate of drug-likeness (QED) is 0.709. The molecule has 0 heterocycles. The summed E-state index contributed by atoms with van der Waals surface area (Å²) < 4.78 is 5.50. The van der Waals surface area contributed by atoms with Crippen LogP contribution in [0.15, 0.2) is 24.3 Å². The van der Waals surface area contributed by atoms with Crippen LogP contribution < -0.4 is 16.0 Å². The van der Waals surface area contributed by atoms with Crippen molar-refractivity contribution >= 4 is 23.6 Å². The van der Waals surface area contributed by atoms with Crippen LogP contribution in [-0.2, 0) is 14.3 Å². The van der Waals surface area contributed by atoms with E-state index in [1.54, 1.807) is 38.1 Å². The minimum Gasteiger partial charge on any atom is -0.446 e. The summed E-state index contributed by atoms with van der Waals surface area (Å²) in [6.07, 6.45) is 4.05. The molecule has 8 nitrogen and oxygen atoms in total. The third-order valence-electron chi connectivity index (χ3n) is 5.34. The molecule has 3 amide bonds. The Hall–Kier alpha value is -3.08. The predicted octanol–water partition coefficient (Wildman–Crippen LogP) is 2.85. The Labute approximate surface area is 177 Å². The lowest BCUT2D eigenvalue weighted by Gasteiger charge is -2.33. The van der Waals surface area contributed by atoms with Crippen LogP contribution in [0.25, 0.3) is 0 Å². The highest BCUT2D eigenvalue weighted by atomic mass is 16.6. The van der Waals surface area contributed by atoms with Gasteiger partial charge >= 0.3 is 6.09 Å². The molecule has 162 valence electrons. The van der Waals surface area contributed by atoms with Crippen LogP contribution in [0.3, 0.4) is 0 Å². The van der Waals surface area contributed by atoms with Crippen molar-refractivity contribution in [2.45, 2.75) is 71.1 Å². The first kappa shape index (κ1) is 23.2. The van der Waals surface area contributed by atoms with E-state index in [1.807, 2.05) is 6.07 Å². The highest BCUT2D eigenvalue weighted by Crippen LogP contribution is 2.23. The number of nitrogens with zero attached hydrogens (tertiary/aromatic N) is 2. The number of nitrogens with one attached hydrogen (secondary N) is 1. The number of alkyl carbamates (subject to hydrolysis) is 1. The summed E-state index contributed by atoms with van der Waals surface area (Å²) >= 11 is 0. The molecule has 1 aromatic carbocycles. The zero-order chi connectivity index (χ0) is 22.3. The van der Waals surface area contributed by atoms with Crippen LogP contribution in [0.5, 0.6) is 0 Å². The summed E-state index contributed by atoms with van der Waals surface area (Å²) in [6, 6.07) is 6.43. The summed E-state index contributed by atoms with van der Waals surface area (Å²) in [4.78, 5) is 39.0. The van der Waals surface area contributed by atoms with E-state index in [0.29, 0.717) is 11.3 Å². The molecular weight excluding hydrogens is 384 g/mol. The van der Waals surface area contributed by atoms with E-state index in [9.17, 15) is 14.4 Å². The summed E-state index contributed by atoms with van der Waals surface area (Å²) in [5.74, 6) is -1.40. The molecule has 0 bridgehead atoms. The second-order valence-electron chi connectivity index (χ2n) is 7.98. The van der Waals surface area contributed by atoms with Crippen molar-refractivity contribution in [2.75, 3.05) is 4.90 Å². The standard InChI is InChI=1S/C22H30N4O4/c1-14(2)19(25-22(29)30-18-7-5-4-6-8-18)21(28)26(15(3)20(24)27)17-11-9-16(13-23)10-12-17/h9-12,14-15,18-19H,4-8H2,1-3H3,(H2,24,27)(H,25,29)/t15-,19+/m1/s1. The number of hydrogen-bond acceptors (Lipinski definition) is 5. The van der Waals surface area contributed by atoms with Gasteiger partial charge in [-0.15, -0.1) is 0 Å². The molecule has 0 aliphatic heterocycles. The van der Waals surface area contributed by atoms with Crippen LogP contribution >= 0.6 is 0 Å². The van der Waals surface area contributed by atoms with Crippen molar-refractivity contribution in [3.8, 4) is 6.07 Å². The number of carbonyl (C=O) groups is 3. The molecule has 0 spiro atoms. The monoisotopic (exact) mass is 414 g/mol. The SMILES string of the molecule is CC(C)[C@H](NC(=O)OC1CCCCC1)C(=O)N(c1ccc(C#N)cc1)[C@H](C)C(N)=O. The van der Waals surface area contributed by atoms with Gasteiger partial charge in [0.25, 0.3) is 5.91 Å². The third kappa shape index (κ3) is 5.96. The van der Waals surface area contributed by atoms with Crippen molar-refractivity contribution in [3.63, 3.8) is 0 Å². The van der Waals surface area contributed by atoms with Crippen molar-refractivity contribution in [2.24, 2.45) is 11.7 Å². The highest BCUT2D eigenvalue weighted by Gasteiger charge is 2.35. The number of anilines is 1. The molecule has 1 aromatic rings. The molecule has 1 fully saturated rings. The maximum absolute atomic E-state index is 13.4. The smallest absolute Gasteiger partial charge is 0.408 e. The first-order chi connectivity index (χ1) is 14.2. The average molecular weight is 415 g/mol. The Kier molecular flexibility index (Phi) is 8.22. The maximum Gasteiger partial charge on any atom is 0.408 e. The zero-order valence-corrected chi connectivity index (χ0v) is 17.8. The van der Waals surface area contributed by atoms with Gasteiger partial charge in [-0.1, -0.05) is 20.3 Å². The number of nitriles is 1. The number of carbonyl (C=O) groups excluding carboxylic acids is 3. The van der Waals surface area contributed by atoms with Gasteiger partial charge < -0.3 is 15.8 Å².